The van der Waals surface area contributed by atoms with Gasteiger partial charge >= 0.3 is 6.03 Å². The Hall–Kier alpha value is -3.83. The number of fused-ring (bicyclic) bond motifs is 1. The van der Waals surface area contributed by atoms with Crippen molar-refractivity contribution in [2.24, 2.45) is 0 Å². The van der Waals surface area contributed by atoms with Crippen molar-refractivity contribution in [1.82, 2.24) is 25.3 Å². The van der Waals surface area contributed by atoms with E-state index in [0.717, 1.165) is 43.1 Å². The highest BCUT2D eigenvalue weighted by atomic mass is 16.5. The zero-order valence-electron chi connectivity index (χ0n) is 19.9. The van der Waals surface area contributed by atoms with E-state index in [0.29, 0.717) is 50.4 Å². The molecule has 5 heterocycles. The molecule has 36 heavy (non-hydrogen) atoms. The Kier molecular flexibility index (Phi) is 6.31. The van der Waals surface area contributed by atoms with Crippen LogP contribution in [0.4, 0.5) is 22.2 Å². The van der Waals surface area contributed by atoms with Crippen molar-refractivity contribution in [3.63, 3.8) is 0 Å². The van der Waals surface area contributed by atoms with Crippen LogP contribution in [0.1, 0.15) is 11.3 Å². The van der Waals surface area contributed by atoms with Gasteiger partial charge in [-0.15, -0.1) is 0 Å². The summed E-state index contributed by atoms with van der Waals surface area (Å²) in [4.78, 5) is 35.5. The fraction of sp³-hybridized carbons (Fsp3) is 0.400. The number of carbonyl (C=O) groups excluding carboxylic acids is 1. The Balaban J connectivity index is 1.27. The molecule has 2 fully saturated rings. The van der Waals surface area contributed by atoms with Crippen LogP contribution >= 0.6 is 0 Å². The molecule has 2 aromatic heterocycles. The number of ether oxygens (including phenoxy) is 2. The van der Waals surface area contributed by atoms with E-state index >= 15 is 0 Å². The van der Waals surface area contributed by atoms with Gasteiger partial charge in [-0.2, -0.15) is 0 Å². The van der Waals surface area contributed by atoms with Gasteiger partial charge in [0.25, 0.3) is 0 Å². The Bertz CT molecular complexity index is 1210. The van der Waals surface area contributed by atoms with Crippen molar-refractivity contribution in [1.29, 1.82) is 0 Å². The maximum atomic E-state index is 12.2. The number of amides is 2. The van der Waals surface area contributed by atoms with Crippen LogP contribution in [0, 0.1) is 0 Å². The zero-order valence-corrected chi connectivity index (χ0v) is 19.9. The van der Waals surface area contributed by atoms with Crippen molar-refractivity contribution in [2.45, 2.75) is 19.0 Å². The van der Waals surface area contributed by atoms with E-state index < -0.39 is 0 Å². The van der Waals surface area contributed by atoms with Crippen molar-refractivity contribution < 1.29 is 14.3 Å². The molecule has 3 aliphatic heterocycles. The lowest BCUT2D eigenvalue weighted by Gasteiger charge is -2.34. The third kappa shape index (κ3) is 4.79. The minimum atomic E-state index is -0.237. The van der Waals surface area contributed by atoms with E-state index in [1.165, 1.54) is 5.56 Å². The zero-order chi connectivity index (χ0) is 24.3. The minimum Gasteiger partial charge on any atom is -0.378 e. The van der Waals surface area contributed by atoms with Gasteiger partial charge in [-0.25, -0.2) is 24.7 Å². The van der Waals surface area contributed by atoms with Gasteiger partial charge in [-0.3, -0.25) is 0 Å². The van der Waals surface area contributed by atoms with E-state index in [1.54, 1.807) is 12.4 Å². The van der Waals surface area contributed by atoms with E-state index in [9.17, 15) is 4.79 Å². The summed E-state index contributed by atoms with van der Waals surface area (Å²) in [6, 6.07) is 9.27. The number of carbonyl (C=O) groups is 1. The summed E-state index contributed by atoms with van der Waals surface area (Å²) in [6.07, 6.45) is 4.35. The average molecular weight is 489 g/mol. The lowest BCUT2D eigenvalue weighted by Crippen LogP contribution is -2.49. The first-order valence-electron chi connectivity index (χ1n) is 12.2. The molecule has 3 aliphatic rings. The fourth-order valence-electron chi connectivity index (χ4n) is 4.58. The van der Waals surface area contributed by atoms with E-state index in [-0.39, 0.29) is 12.1 Å². The number of anilines is 3. The summed E-state index contributed by atoms with van der Waals surface area (Å²) in [6.45, 7) is 5.53. The Morgan fingerprint density at radius 3 is 2.44 bits per heavy atom. The molecule has 11 nitrogen and oxygen atoms in total. The predicted molar refractivity (Wildman–Crippen MR) is 134 cm³/mol. The van der Waals surface area contributed by atoms with Gasteiger partial charge in [0.05, 0.1) is 44.7 Å². The standard InChI is InChI=1S/C25H28N8O3/c34-25(29-19-15-36-16-19)28-18-4-2-17(3-5-18)22-30-21-14-33(24-26-7-1-8-27-24)9-6-20(21)23(31-22)32-10-12-35-13-11-32/h1-5,7-8,19H,6,9-16H2,(H2,28,29,34). The molecule has 0 bridgehead atoms. The maximum Gasteiger partial charge on any atom is 0.319 e. The van der Waals surface area contributed by atoms with Crippen molar-refractivity contribution in [3.05, 3.63) is 54.0 Å². The second kappa shape index (κ2) is 10.0. The number of rotatable bonds is 5. The molecule has 2 amide bonds. The molecular formula is C25H28N8O3. The highest BCUT2D eigenvalue weighted by molar-refractivity contribution is 5.89. The molecular weight excluding hydrogens is 460 g/mol. The average Bonchev–Trinajstić information content (AvgIpc) is 2.91. The fourth-order valence-corrected chi connectivity index (χ4v) is 4.58. The summed E-state index contributed by atoms with van der Waals surface area (Å²) in [5, 5.41) is 5.74. The van der Waals surface area contributed by atoms with E-state index in [1.807, 2.05) is 30.3 Å². The monoisotopic (exact) mass is 488 g/mol. The van der Waals surface area contributed by atoms with Crippen molar-refractivity contribution >= 4 is 23.5 Å². The minimum absolute atomic E-state index is 0.0765. The number of morpholine rings is 1. The van der Waals surface area contributed by atoms with Gasteiger partial charge in [0.1, 0.15) is 5.82 Å². The number of hydrogen-bond donors (Lipinski definition) is 2. The first-order chi connectivity index (χ1) is 17.7. The summed E-state index contributed by atoms with van der Waals surface area (Å²) >= 11 is 0. The summed E-state index contributed by atoms with van der Waals surface area (Å²) in [7, 11) is 0. The van der Waals surface area contributed by atoms with Gasteiger partial charge < -0.3 is 29.9 Å². The van der Waals surface area contributed by atoms with Crippen LogP contribution in [0.15, 0.2) is 42.7 Å². The molecule has 2 N–H and O–H groups in total. The van der Waals surface area contributed by atoms with Crippen LogP contribution in [0.2, 0.25) is 0 Å². The number of nitrogens with one attached hydrogen (secondary N) is 2. The highest BCUT2D eigenvalue weighted by Gasteiger charge is 2.27. The maximum absolute atomic E-state index is 12.2. The Morgan fingerprint density at radius 1 is 0.944 bits per heavy atom. The molecule has 0 spiro atoms. The molecule has 3 aromatic rings. The molecule has 0 radical (unpaired) electrons. The SMILES string of the molecule is O=C(Nc1ccc(-c2nc3c(c(N4CCOCC4)n2)CCN(c2ncccn2)C3)cc1)NC1COC1. The van der Waals surface area contributed by atoms with Crippen LogP contribution in [0.25, 0.3) is 11.4 Å². The largest absolute Gasteiger partial charge is 0.378 e. The molecule has 0 atom stereocenters. The number of nitrogens with zero attached hydrogens (tertiary/aromatic N) is 6. The molecule has 2 saturated heterocycles. The van der Waals surface area contributed by atoms with Crippen LogP contribution in [0.5, 0.6) is 0 Å². The third-order valence-corrected chi connectivity index (χ3v) is 6.56. The second-order valence-electron chi connectivity index (χ2n) is 9.03. The third-order valence-electron chi connectivity index (χ3n) is 6.56. The van der Waals surface area contributed by atoms with Gasteiger partial charge in [-0.1, -0.05) is 0 Å². The summed E-state index contributed by atoms with van der Waals surface area (Å²) in [5.74, 6) is 2.35. The number of aromatic nitrogens is 4. The first-order valence-corrected chi connectivity index (χ1v) is 12.2. The molecule has 6 rings (SSSR count). The number of benzene rings is 1. The molecule has 0 aliphatic carbocycles. The summed E-state index contributed by atoms with van der Waals surface area (Å²) in [5.41, 5.74) is 3.77. The molecule has 0 unspecified atom stereocenters. The van der Waals surface area contributed by atoms with E-state index in [4.69, 9.17) is 19.4 Å². The van der Waals surface area contributed by atoms with Crippen LogP contribution in [0.3, 0.4) is 0 Å². The predicted octanol–water partition coefficient (Wildman–Crippen LogP) is 1.85. The quantitative estimate of drug-likeness (QED) is 0.555. The van der Waals surface area contributed by atoms with Crippen LogP contribution < -0.4 is 20.4 Å². The van der Waals surface area contributed by atoms with Gasteiger partial charge in [0, 0.05) is 48.8 Å². The van der Waals surface area contributed by atoms with Crippen molar-refractivity contribution in [3.8, 4) is 11.4 Å². The van der Waals surface area contributed by atoms with Gasteiger partial charge in [-0.05, 0) is 36.8 Å². The number of hydrogen-bond acceptors (Lipinski definition) is 9. The topological polar surface area (TPSA) is 118 Å². The number of urea groups is 1. The first kappa shape index (κ1) is 22.6. The summed E-state index contributed by atoms with van der Waals surface area (Å²) < 4.78 is 10.7. The Morgan fingerprint density at radius 2 is 1.72 bits per heavy atom. The van der Waals surface area contributed by atoms with Crippen LogP contribution in [-0.4, -0.2) is 78.1 Å². The van der Waals surface area contributed by atoms with Gasteiger partial charge in [0.15, 0.2) is 5.82 Å². The van der Waals surface area contributed by atoms with E-state index in [2.05, 4.69) is 30.4 Å². The lowest BCUT2D eigenvalue weighted by atomic mass is 10.0. The van der Waals surface area contributed by atoms with Crippen molar-refractivity contribution in [2.75, 3.05) is 61.2 Å². The molecule has 1 aromatic carbocycles. The molecule has 0 saturated carbocycles. The van der Waals surface area contributed by atoms with Gasteiger partial charge in [0.2, 0.25) is 5.95 Å². The smallest absolute Gasteiger partial charge is 0.319 e. The second-order valence-corrected chi connectivity index (χ2v) is 9.03. The molecule has 186 valence electrons. The lowest BCUT2D eigenvalue weighted by molar-refractivity contribution is 0.000735. The molecule has 11 heteroatoms. The Labute approximate surface area is 208 Å². The highest BCUT2D eigenvalue weighted by Crippen LogP contribution is 2.31. The normalized spacial score (nSPS) is 17.8. The van der Waals surface area contributed by atoms with Crippen LogP contribution in [-0.2, 0) is 22.4 Å².